The molecule has 0 atom stereocenters. The summed E-state index contributed by atoms with van der Waals surface area (Å²) in [5.74, 6) is -0.751. The van der Waals surface area contributed by atoms with Crippen molar-refractivity contribution in [1.29, 1.82) is 0 Å². The summed E-state index contributed by atoms with van der Waals surface area (Å²) in [5.41, 5.74) is 6.04. The Balaban J connectivity index is 2.37. The van der Waals surface area contributed by atoms with Gasteiger partial charge in [0.1, 0.15) is 0 Å². The third-order valence-electron chi connectivity index (χ3n) is 4.29. The molecule has 0 unspecified atom stereocenters. The van der Waals surface area contributed by atoms with E-state index in [2.05, 4.69) is 0 Å². The molecule has 0 bridgehead atoms. The maximum atomic E-state index is 12.8. The number of nitrogens with zero attached hydrogens (tertiary/aromatic N) is 2. The normalized spacial score (nSPS) is 17.1. The lowest BCUT2D eigenvalue weighted by molar-refractivity contribution is -0.385. The predicted molar refractivity (Wildman–Crippen MR) is 83.2 cm³/mol. The smallest absolute Gasteiger partial charge is 0.271 e. The van der Waals surface area contributed by atoms with Crippen molar-refractivity contribution < 1.29 is 18.1 Å². The topological polar surface area (TPSA) is 124 Å². The Morgan fingerprint density at radius 1 is 1.30 bits per heavy atom. The minimum Gasteiger partial charge on any atom is -0.369 e. The Bertz CT molecular complexity index is 752. The van der Waals surface area contributed by atoms with E-state index in [0.717, 1.165) is 6.07 Å². The summed E-state index contributed by atoms with van der Waals surface area (Å²) >= 11 is 0. The monoisotopic (exact) mass is 341 g/mol. The van der Waals surface area contributed by atoms with Crippen LogP contribution in [0.4, 0.5) is 5.69 Å². The molecule has 2 N–H and O–H groups in total. The molecular weight excluding hydrogens is 322 g/mol. The van der Waals surface area contributed by atoms with Crippen molar-refractivity contribution in [1.82, 2.24) is 4.31 Å². The SMILES string of the molecule is Cc1cc([N+](=O)[O-])cc(S(=O)(=O)N2CCC(C(N)=O)CC2)c1C. The molecule has 126 valence electrons. The lowest BCUT2D eigenvalue weighted by Gasteiger charge is -2.30. The lowest BCUT2D eigenvalue weighted by Crippen LogP contribution is -2.41. The van der Waals surface area contributed by atoms with Crippen LogP contribution in [-0.2, 0) is 14.8 Å². The van der Waals surface area contributed by atoms with Crippen molar-refractivity contribution in [2.75, 3.05) is 13.1 Å². The average Bonchev–Trinajstić information content (AvgIpc) is 2.49. The van der Waals surface area contributed by atoms with Crippen LogP contribution in [0.5, 0.6) is 0 Å². The first-order chi connectivity index (χ1) is 10.6. The molecule has 0 aliphatic carbocycles. The third kappa shape index (κ3) is 3.35. The number of nitro benzene ring substituents is 1. The van der Waals surface area contributed by atoms with E-state index in [0.29, 0.717) is 24.0 Å². The molecule has 1 aliphatic rings. The molecule has 0 spiro atoms. The number of hydrogen-bond donors (Lipinski definition) is 1. The summed E-state index contributed by atoms with van der Waals surface area (Å²) in [5, 5.41) is 11.0. The Labute approximate surface area is 134 Å². The quantitative estimate of drug-likeness (QED) is 0.648. The number of amides is 1. The van der Waals surface area contributed by atoms with Crippen molar-refractivity contribution >= 4 is 21.6 Å². The van der Waals surface area contributed by atoms with Crippen LogP contribution >= 0.6 is 0 Å². The molecule has 0 aromatic heterocycles. The number of hydrogen-bond acceptors (Lipinski definition) is 5. The zero-order chi connectivity index (χ0) is 17.4. The molecule has 8 nitrogen and oxygen atoms in total. The van der Waals surface area contributed by atoms with Crippen LogP contribution in [0.15, 0.2) is 17.0 Å². The summed E-state index contributed by atoms with van der Waals surface area (Å²) in [7, 11) is -3.84. The van der Waals surface area contributed by atoms with E-state index in [-0.39, 0.29) is 29.6 Å². The standard InChI is InChI=1S/C14H19N3O5S/c1-9-7-12(17(19)20)8-13(10(9)2)23(21,22)16-5-3-11(4-6-16)14(15)18/h7-8,11H,3-6H2,1-2H3,(H2,15,18). The number of sulfonamides is 1. The number of primary amides is 1. The fourth-order valence-electron chi connectivity index (χ4n) is 2.70. The molecule has 1 aliphatic heterocycles. The number of benzene rings is 1. The van der Waals surface area contributed by atoms with Gasteiger partial charge < -0.3 is 5.73 Å². The van der Waals surface area contributed by atoms with Crippen LogP contribution in [0.3, 0.4) is 0 Å². The van der Waals surface area contributed by atoms with Gasteiger partial charge in [-0.15, -0.1) is 0 Å². The molecule has 1 aromatic rings. The molecule has 23 heavy (non-hydrogen) atoms. The molecule has 9 heteroatoms. The van der Waals surface area contributed by atoms with Crippen molar-refractivity contribution in [3.63, 3.8) is 0 Å². The van der Waals surface area contributed by atoms with Gasteiger partial charge in [0.15, 0.2) is 0 Å². The van der Waals surface area contributed by atoms with Crippen molar-refractivity contribution in [3.05, 3.63) is 33.4 Å². The minimum atomic E-state index is -3.84. The second-order valence-corrected chi connectivity index (χ2v) is 7.63. The van der Waals surface area contributed by atoms with E-state index < -0.39 is 20.9 Å². The highest BCUT2D eigenvalue weighted by Crippen LogP contribution is 2.30. The van der Waals surface area contributed by atoms with Gasteiger partial charge in [-0.3, -0.25) is 14.9 Å². The Morgan fingerprint density at radius 2 is 1.87 bits per heavy atom. The first-order valence-corrected chi connectivity index (χ1v) is 8.63. The number of aryl methyl sites for hydroxylation is 1. The molecule has 1 amide bonds. The van der Waals surface area contributed by atoms with Crippen molar-refractivity contribution in [2.24, 2.45) is 11.7 Å². The highest BCUT2D eigenvalue weighted by Gasteiger charge is 2.33. The van der Waals surface area contributed by atoms with Gasteiger partial charge >= 0.3 is 0 Å². The zero-order valence-corrected chi connectivity index (χ0v) is 13.8. The van der Waals surface area contributed by atoms with E-state index >= 15 is 0 Å². The first-order valence-electron chi connectivity index (χ1n) is 7.19. The van der Waals surface area contributed by atoms with Crippen molar-refractivity contribution in [3.8, 4) is 0 Å². The van der Waals surface area contributed by atoms with Crippen LogP contribution in [0.1, 0.15) is 24.0 Å². The number of carbonyl (C=O) groups is 1. The largest absolute Gasteiger partial charge is 0.369 e. The second kappa shape index (κ2) is 6.25. The third-order valence-corrected chi connectivity index (χ3v) is 6.31. The second-order valence-electron chi connectivity index (χ2n) is 5.72. The zero-order valence-electron chi connectivity index (χ0n) is 13.0. The van der Waals surface area contributed by atoms with Gasteiger partial charge in [-0.05, 0) is 37.8 Å². The molecule has 2 rings (SSSR count). The van der Waals surface area contributed by atoms with Gasteiger partial charge in [0.25, 0.3) is 5.69 Å². The Morgan fingerprint density at radius 3 is 2.35 bits per heavy atom. The van der Waals surface area contributed by atoms with Gasteiger partial charge in [0, 0.05) is 31.1 Å². The van der Waals surface area contributed by atoms with Gasteiger partial charge in [-0.25, -0.2) is 8.42 Å². The van der Waals surface area contributed by atoms with Crippen molar-refractivity contribution in [2.45, 2.75) is 31.6 Å². The number of non-ortho nitro benzene ring substituents is 1. The highest BCUT2D eigenvalue weighted by atomic mass is 32.2. The fourth-order valence-corrected chi connectivity index (χ4v) is 4.49. The summed E-state index contributed by atoms with van der Waals surface area (Å²) in [6.45, 7) is 3.62. The number of nitrogens with two attached hydrogens (primary N) is 1. The Hall–Kier alpha value is -2.00. The summed E-state index contributed by atoms with van der Waals surface area (Å²) in [6, 6.07) is 2.45. The predicted octanol–water partition coefficient (Wildman–Crippen LogP) is 1.10. The fraction of sp³-hybridized carbons (Fsp3) is 0.500. The van der Waals surface area contributed by atoms with Gasteiger partial charge in [0.2, 0.25) is 15.9 Å². The number of piperidine rings is 1. The van der Waals surface area contributed by atoms with Crippen LogP contribution in [-0.4, -0.2) is 36.6 Å². The lowest BCUT2D eigenvalue weighted by atomic mass is 9.98. The van der Waals surface area contributed by atoms with E-state index in [4.69, 9.17) is 5.73 Å². The van der Waals surface area contributed by atoms with Crippen LogP contribution in [0.2, 0.25) is 0 Å². The summed E-state index contributed by atoms with van der Waals surface area (Å²) < 4.78 is 26.9. The van der Waals surface area contributed by atoms with Gasteiger partial charge in [-0.2, -0.15) is 4.31 Å². The maximum absolute atomic E-state index is 12.8. The molecule has 1 fully saturated rings. The maximum Gasteiger partial charge on any atom is 0.271 e. The van der Waals surface area contributed by atoms with E-state index in [1.165, 1.54) is 10.4 Å². The minimum absolute atomic E-state index is 0.0540. The highest BCUT2D eigenvalue weighted by molar-refractivity contribution is 7.89. The number of rotatable bonds is 4. The summed E-state index contributed by atoms with van der Waals surface area (Å²) in [6.07, 6.45) is 0.725. The Kier molecular flexibility index (Phi) is 4.71. The molecule has 1 heterocycles. The molecule has 0 radical (unpaired) electrons. The number of nitro groups is 1. The van der Waals surface area contributed by atoms with E-state index in [9.17, 15) is 23.3 Å². The molecule has 1 aromatic carbocycles. The van der Waals surface area contributed by atoms with Crippen LogP contribution in [0.25, 0.3) is 0 Å². The summed E-state index contributed by atoms with van der Waals surface area (Å²) in [4.78, 5) is 21.5. The van der Waals surface area contributed by atoms with E-state index in [1.807, 2.05) is 0 Å². The number of carbonyl (C=O) groups excluding carboxylic acids is 1. The average molecular weight is 341 g/mol. The molecular formula is C14H19N3O5S. The van der Waals surface area contributed by atoms with E-state index in [1.54, 1.807) is 13.8 Å². The van der Waals surface area contributed by atoms with Gasteiger partial charge in [0.05, 0.1) is 9.82 Å². The molecule has 1 saturated heterocycles. The molecule has 0 saturated carbocycles. The van der Waals surface area contributed by atoms with Gasteiger partial charge in [-0.1, -0.05) is 0 Å². The van der Waals surface area contributed by atoms with Crippen LogP contribution in [0, 0.1) is 29.9 Å². The first kappa shape index (κ1) is 17.4. The van der Waals surface area contributed by atoms with Crippen LogP contribution < -0.4 is 5.73 Å².